The number of carboxylic acids is 1. The molecule has 3 aromatic rings. The van der Waals surface area contributed by atoms with Gasteiger partial charge in [-0.1, -0.05) is 11.3 Å². The summed E-state index contributed by atoms with van der Waals surface area (Å²) in [5.41, 5.74) is 2.11. The Morgan fingerprint density at radius 3 is 2.78 bits per heavy atom. The Morgan fingerprint density at radius 1 is 1.26 bits per heavy atom. The molecule has 1 fully saturated rings. The van der Waals surface area contributed by atoms with Crippen LogP contribution in [0.3, 0.4) is 0 Å². The zero-order valence-electron chi connectivity index (χ0n) is 12.3. The quantitative estimate of drug-likeness (QED) is 0.797. The fourth-order valence-corrected chi connectivity index (χ4v) is 3.83. The maximum Gasteiger partial charge on any atom is 0.337 e. The van der Waals surface area contributed by atoms with Crippen molar-refractivity contribution in [3.05, 3.63) is 36.2 Å². The summed E-state index contributed by atoms with van der Waals surface area (Å²) in [6.45, 7) is 1.94. The van der Waals surface area contributed by atoms with Gasteiger partial charge in [0.15, 0.2) is 10.8 Å². The van der Waals surface area contributed by atoms with Gasteiger partial charge >= 0.3 is 5.97 Å². The molecule has 3 aromatic heterocycles. The molecule has 116 valence electrons. The van der Waals surface area contributed by atoms with Crippen LogP contribution in [0.5, 0.6) is 0 Å². The molecule has 0 aliphatic carbocycles. The molecule has 0 unspecified atom stereocenters. The van der Waals surface area contributed by atoms with Crippen LogP contribution in [0.25, 0.3) is 21.6 Å². The molecule has 6 nitrogen and oxygen atoms in total. The van der Waals surface area contributed by atoms with E-state index in [1.165, 1.54) is 11.3 Å². The number of fused-ring (bicyclic) bond motifs is 1. The topological polar surface area (TPSA) is 79.2 Å². The summed E-state index contributed by atoms with van der Waals surface area (Å²) in [6, 6.07) is 5.27. The lowest BCUT2D eigenvalue weighted by Crippen LogP contribution is -2.16. The smallest absolute Gasteiger partial charge is 0.337 e. The van der Waals surface area contributed by atoms with Gasteiger partial charge in [-0.2, -0.15) is 4.98 Å². The van der Waals surface area contributed by atoms with Crippen LogP contribution in [0.4, 0.5) is 5.13 Å². The largest absolute Gasteiger partial charge is 0.478 e. The van der Waals surface area contributed by atoms with Gasteiger partial charge in [0.25, 0.3) is 0 Å². The number of aromatic nitrogens is 3. The molecule has 0 amide bonds. The minimum atomic E-state index is -0.959. The van der Waals surface area contributed by atoms with Crippen molar-refractivity contribution in [2.45, 2.75) is 12.8 Å². The Kier molecular flexibility index (Phi) is 3.42. The van der Waals surface area contributed by atoms with Crippen molar-refractivity contribution in [1.29, 1.82) is 0 Å². The van der Waals surface area contributed by atoms with Gasteiger partial charge in [-0.05, 0) is 31.0 Å². The van der Waals surface area contributed by atoms with E-state index in [-0.39, 0.29) is 5.56 Å². The Morgan fingerprint density at radius 2 is 2.09 bits per heavy atom. The third kappa shape index (κ3) is 2.53. The third-order valence-corrected chi connectivity index (χ3v) is 5.05. The number of carboxylic acid groups (broad SMARTS) is 1. The SMILES string of the molecule is O=C(O)c1cc(-c2cccnc2)nc2nc(N3CCCC3)sc12. The zero-order chi connectivity index (χ0) is 15.8. The fourth-order valence-electron chi connectivity index (χ4n) is 2.77. The first-order valence-corrected chi connectivity index (χ1v) is 8.24. The Hall–Kier alpha value is -2.54. The van der Waals surface area contributed by atoms with Crippen molar-refractivity contribution in [2.24, 2.45) is 0 Å². The van der Waals surface area contributed by atoms with Crippen molar-refractivity contribution in [3.63, 3.8) is 0 Å². The molecule has 23 heavy (non-hydrogen) atoms. The molecule has 0 aromatic carbocycles. The van der Waals surface area contributed by atoms with Crippen molar-refractivity contribution in [3.8, 4) is 11.3 Å². The van der Waals surface area contributed by atoms with Gasteiger partial charge in [0.05, 0.1) is 16.0 Å². The number of hydrogen-bond acceptors (Lipinski definition) is 6. The van der Waals surface area contributed by atoms with Crippen LogP contribution < -0.4 is 4.90 Å². The number of rotatable bonds is 3. The summed E-state index contributed by atoms with van der Waals surface area (Å²) < 4.78 is 0.632. The highest BCUT2D eigenvalue weighted by Gasteiger charge is 2.21. The number of thiazole rings is 1. The molecule has 1 aliphatic heterocycles. The summed E-state index contributed by atoms with van der Waals surface area (Å²) >= 11 is 1.41. The van der Waals surface area contributed by atoms with Gasteiger partial charge in [-0.3, -0.25) is 4.98 Å². The van der Waals surface area contributed by atoms with E-state index in [2.05, 4.69) is 19.9 Å². The molecule has 4 heterocycles. The van der Waals surface area contributed by atoms with E-state index in [4.69, 9.17) is 0 Å². The lowest BCUT2D eigenvalue weighted by molar-refractivity contribution is 0.0699. The highest BCUT2D eigenvalue weighted by atomic mass is 32.1. The number of carbonyl (C=O) groups is 1. The number of anilines is 1. The molecule has 0 atom stereocenters. The summed E-state index contributed by atoms with van der Waals surface area (Å²) in [7, 11) is 0. The molecule has 7 heteroatoms. The van der Waals surface area contributed by atoms with E-state index < -0.39 is 5.97 Å². The predicted molar refractivity (Wildman–Crippen MR) is 89.1 cm³/mol. The van der Waals surface area contributed by atoms with E-state index in [9.17, 15) is 9.90 Å². The highest BCUT2D eigenvalue weighted by Crippen LogP contribution is 2.34. The minimum absolute atomic E-state index is 0.247. The lowest BCUT2D eigenvalue weighted by Gasteiger charge is -2.11. The first-order valence-electron chi connectivity index (χ1n) is 7.42. The predicted octanol–water partition coefficient (Wildman–Crippen LogP) is 3.05. The maximum absolute atomic E-state index is 11.7. The maximum atomic E-state index is 11.7. The standard InChI is InChI=1S/C16H14N4O2S/c21-15(22)11-8-12(10-4-3-5-17-9-10)18-14-13(11)23-16(19-14)20-6-1-2-7-20/h3-5,8-9H,1-2,6-7H2,(H,21,22). The monoisotopic (exact) mass is 326 g/mol. The molecular formula is C16H14N4O2S. The second kappa shape index (κ2) is 5.58. The van der Waals surface area contributed by atoms with E-state index in [0.717, 1.165) is 36.6 Å². The van der Waals surface area contributed by atoms with Crippen LogP contribution in [-0.2, 0) is 0 Å². The van der Waals surface area contributed by atoms with Gasteiger partial charge in [0.2, 0.25) is 0 Å². The second-order valence-corrected chi connectivity index (χ2v) is 6.42. The number of aromatic carboxylic acids is 1. The molecule has 1 N–H and O–H groups in total. The number of pyridine rings is 2. The average Bonchev–Trinajstić information content (AvgIpc) is 3.23. The molecule has 4 rings (SSSR count). The molecule has 0 bridgehead atoms. The molecular weight excluding hydrogens is 312 g/mol. The van der Waals surface area contributed by atoms with Crippen molar-refractivity contribution >= 4 is 32.8 Å². The average molecular weight is 326 g/mol. The molecule has 0 spiro atoms. The molecule has 1 saturated heterocycles. The summed E-state index contributed by atoms with van der Waals surface area (Å²) in [6.07, 6.45) is 5.65. The van der Waals surface area contributed by atoms with Crippen LogP contribution in [0, 0.1) is 0 Å². The Bertz CT molecular complexity index is 872. The van der Waals surface area contributed by atoms with Crippen molar-refractivity contribution in [1.82, 2.24) is 15.0 Å². The van der Waals surface area contributed by atoms with Gasteiger partial charge in [0.1, 0.15) is 0 Å². The van der Waals surface area contributed by atoms with Crippen LogP contribution >= 0.6 is 11.3 Å². The third-order valence-electron chi connectivity index (χ3n) is 3.91. The minimum Gasteiger partial charge on any atom is -0.478 e. The first kappa shape index (κ1) is 14.1. The first-order chi connectivity index (χ1) is 11.2. The van der Waals surface area contributed by atoms with Gasteiger partial charge < -0.3 is 10.0 Å². The van der Waals surface area contributed by atoms with Crippen LogP contribution in [0.2, 0.25) is 0 Å². The Labute approximate surface area is 136 Å². The van der Waals surface area contributed by atoms with Crippen LogP contribution in [0.1, 0.15) is 23.2 Å². The van der Waals surface area contributed by atoms with E-state index >= 15 is 0 Å². The van der Waals surface area contributed by atoms with Crippen LogP contribution in [-0.4, -0.2) is 39.1 Å². The van der Waals surface area contributed by atoms with Gasteiger partial charge in [-0.15, -0.1) is 0 Å². The van der Waals surface area contributed by atoms with E-state index in [1.54, 1.807) is 24.5 Å². The van der Waals surface area contributed by atoms with Gasteiger partial charge in [0, 0.05) is 31.0 Å². The van der Waals surface area contributed by atoms with E-state index in [0.29, 0.717) is 16.0 Å². The second-order valence-electron chi connectivity index (χ2n) is 5.45. The highest BCUT2D eigenvalue weighted by molar-refractivity contribution is 7.22. The van der Waals surface area contributed by atoms with Crippen molar-refractivity contribution in [2.75, 3.05) is 18.0 Å². The van der Waals surface area contributed by atoms with Crippen LogP contribution in [0.15, 0.2) is 30.6 Å². The summed E-state index contributed by atoms with van der Waals surface area (Å²) in [4.78, 5) is 27.0. The summed E-state index contributed by atoms with van der Waals surface area (Å²) in [5.74, 6) is -0.959. The molecule has 0 saturated carbocycles. The molecule has 1 aliphatic rings. The Balaban J connectivity index is 1.89. The zero-order valence-corrected chi connectivity index (χ0v) is 13.1. The van der Waals surface area contributed by atoms with E-state index in [1.807, 2.05) is 6.07 Å². The van der Waals surface area contributed by atoms with Crippen molar-refractivity contribution < 1.29 is 9.90 Å². The normalized spacial score (nSPS) is 14.5. The lowest BCUT2D eigenvalue weighted by atomic mass is 10.1. The van der Waals surface area contributed by atoms with Gasteiger partial charge in [-0.25, -0.2) is 9.78 Å². The molecule has 0 radical (unpaired) electrons. The number of nitrogens with zero attached hydrogens (tertiary/aromatic N) is 4. The number of hydrogen-bond donors (Lipinski definition) is 1. The fraction of sp³-hybridized carbons (Fsp3) is 0.250. The summed E-state index contributed by atoms with van der Waals surface area (Å²) in [5, 5.41) is 10.4.